The van der Waals surface area contributed by atoms with E-state index in [-0.39, 0.29) is 44.0 Å². The van der Waals surface area contributed by atoms with Crippen LogP contribution in [0.1, 0.15) is 0 Å². The van der Waals surface area contributed by atoms with Crippen molar-refractivity contribution in [1.29, 1.82) is 0 Å². The van der Waals surface area contributed by atoms with Crippen LogP contribution >= 0.6 is 24.1 Å². The lowest BCUT2D eigenvalue weighted by Gasteiger charge is -2.12. The highest BCUT2D eigenvalue weighted by Gasteiger charge is 2.24. The number of fused-ring (bicyclic) bond motifs is 1. The van der Waals surface area contributed by atoms with Gasteiger partial charge in [0.2, 0.25) is 0 Å². The lowest BCUT2D eigenvalue weighted by molar-refractivity contribution is -0.432. The van der Waals surface area contributed by atoms with Crippen molar-refractivity contribution in [3.05, 3.63) is 36.4 Å². The molecule has 3 aromatic carbocycles. The van der Waals surface area contributed by atoms with E-state index in [0.29, 0.717) is 12.0 Å². The van der Waals surface area contributed by atoms with Gasteiger partial charge in [0.1, 0.15) is 16.3 Å². The van der Waals surface area contributed by atoms with Crippen LogP contribution in [0.2, 0.25) is 0 Å². The van der Waals surface area contributed by atoms with Crippen molar-refractivity contribution in [3.63, 3.8) is 0 Å². The number of nitrogens with two attached hydrogens (primary N) is 1. The Labute approximate surface area is 244 Å². The molecule has 0 spiro atoms. The van der Waals surface area contributed by atoms with E-state index in [1.54, 1.807) is 0 Å². The maximum atomic E-state index is 12.6. The molecule has 0 saturated carbocycles. The summed E-state index contributed by atoms with van der Waals surface area (Å²) in [4.78, 5) is -1.38. The number of anilines is 1. The second kappa shape index (κ2) is 13.7. The smallest absolute Gasteiger partial charge is 0.397 e. The molecule has 230 valence electrons. The second-order valence-electron chi connectivity index (χ2n) is 7.51. The predicted molar refractivity (Wildman–Crippen MR) is 141 cm³/mol. The van der Waals surface area contributed by atoms with Crippen LogP contribution < -0.4 is 5.73 Å². The second-order valence-corrected chi connectivity index (χ2v) is 13.6. The first kappa shape index (κ1) is 33.8. The number of sulfone groups is 1. The molecular formula is C18H17N3O16S5. The van der Waals surface area contributed by atoms with E-state index < -0.39 is 63.9 Å². The van der Waals surface area contributed by atoms with Crippen molar-refractivity contribution in [1.82, 2.24) is 0 Å². The van der Waals surface area contributed by atoms with E-state index in [9.17, 15) is 34.9 Å². The molecule has 0 radical (unpaired) electrons. The zero-order valence-electron chi connectivity index (χ0n) is 20.1. The molecule has 0 aliphatic rings. The number of phenolic OH excluding ortho intramolecular Hbond substituents is 1. The van der Waals surface area contributed by atoms with Gasteiger partial charge in [-0.15, -0.1) is 18.9 Å². The number of phenols is 1. The lowest BCUT2D eigenvalue weighted by atomic mass is 10.1. The summed E-state index contributed by atoms with van der Waals surface area (Å²) < 4.78 is 102. The van der Waals surface area contributed by atoms with Crippen LogP contribution in [0.4, 0.5) is 17.1 Å². The van der Waals surface area contributed by atoms with Crippen LogP contribution in [0.5, 0.6) is 5.75 Å². The van der Waals surface area contributed by atoms with Crippen molar-refractivity contribution in [2.75, 3.05) is 18.1 Å². The molecule has 24 heteroatoms. The molecule has 0 aliphatic carbocycles. The third-order valence-electron chi connectivity index (χ3n) is 4.88. The van der Waals surface area contributed by atoms with Gasteiger partial charge < -0.3 is 10.8 Å². The number of azo groups is 1. The van der Waals surface area contributed by atoms with E-state index in [0.717, 1.165) is 24.3 Å². The lowest BCUT2D eigenvalue weighted by Crippen LogP contribution is -2.15. The van der Waals surface area contributed by atoms with Gasteiger partial charge in [-0.2, -0.15) is 16.8 Å². The molecule has 0 fully saturated rings. The Balaban J connectivity index is 2.10. The number of hydrogen-bond donors (Lipinski definition) is 6. The number of hydrogen-bond acceptors (Lipinski definition) is 19. The van der Waals surface area contributed by atoms with Gasteiger partial charge in [-0.05, 0) is 41.8 Å². The first-order valence-corrected chi connectivity index (χ1v) is 16.3. The number of nitrogen functional groups attached to an aromatic ring is 1. The zero-order chi connectivity index (χ0) is 31.3. The number of nitrogens with zero attached hydrogens (tertiary/aromatic N) is 2. The molecule has 0 aromatic heterocycles. The maximum absolute atomic E-state index is 12.6. The van der Waals surface area contributed by atoms with Gasteiger partial charge in [0.05, 0.1) is 46.2 Å². The van der Waals surface area contributed by atoms with Crippen LogP contribution in [0.3, 0.4) is 0 Å². The largest absolute Gasteiger partial charge is 0.505 e. The van der Waals surface area contributed by atoms with Gasteiger partial charge in [0, 0.05) is 16.0 Å². The van der Waals surface area contributed by atoms with Crippen molar-refractivity contribution >= 4 is 82.3 Å². The summed E-state index contributed by atoms with van der Waals surface area (Å²) in [5.74, 6) is -1.72. The van der Waals surface area contributed by atoms with Crippen LogP contribution in [0.15, 0.2) is 66.2 Å². The van der Waals surface area contributed by atoms with Crippen LogP contribution in [0.25, 0.3) is 10.8 Å². The van der Waals surface area contributed by atoms with Gasteiger partial charge in [-0.1, -0.05) is 10.1 Å². The number of rotatable bonds is 14. The van der Waals surface area contributed by atoms with E-state index in [2.05, 4.69) is 33.2 Å². The first-order valence-electron chi connectivity index (χ1n) is 10.3. The quantitative estimate of drug-likeness (QED) is 0.0353. The molecule has 0 unspecified atom stereocenters. The molecular weight excluding hydrogens is 675 g/mol. The summed E-state index contributed by atoms with van der Waals surface area (Å²) >= 11 is 0.697. The third kappa shape index (κ3) is 8.67. The highest BCUT2D eigenvalue weighted by Crippen LogP contribution is 2.45. The highest BCUT2D eigenvalue weighted by atomic mass is 32.3. The number of aromatic hydroxyl groups is 1. The monoisotopic (exact) mass is 691 g/mol. The third-order valence-corrected chi connectivity index (χ3v) is 9.08. The summed E-state index contributed by atoms with van der Waals surface area (Å²) in [7, 11) is -14.2. The molecule has 0 bridgehead atoms. The highest BCUT2D eigenvalue weighted by molar-refractivity contribution is 7.95. The Morgan fingerprint density at radius 2 is 1.55 bits per heavy atom. The zero-order valence-corrected chi connectivity index (χ0v) is 24.2. The Morgan fingerprint density at radius 1 is 0.881 bits per heavy atom. The average molecular weight is 692 g/mol. The fraction of sp³-hybridized carbons (Fsp3) is 0.111. The summed E-state index contributed by atoms with van der Waals surface area (Å²) in [6.07, 6.45) is 0. The van der Waals surface area contributed by atoms with Crippen molar-refractivity contribution in [3.8, 4) is 5.75 Å². The molecule has 3 rings (SSSR count). The van der Waals surface area contributed by atoms with E-state index in [1.807, 2.05) is 0 Å². The summed E-state index contributed by atoms with van der Waals surface area (Å²) in [5, 5.41) is 42.1. The minimum absolute atomic E-state index is 0.0135. The normalized spacial score (nSPS) is 12.9. The van der Waals surface area contributed by atoms with Gasteiger partial charge in [-0.25, -0.2) is 23.1 Å². The van der Waals surface area contributed by atoms with Gasteiger partial charge in [0.15, 0.2) is 15.6 Å². The Morgan fingerprint density at radius 3 is 2.17 bits per heavy atom. The van der Waals surface area contributed by atoms with Gasteiger partial charge in [-0.3, -0.25) is 9.11 Å². The molecule has 0 heterocycles. The summed E-state index contributed by atoms with van der Waals surface area (Å²) in [6.45, 7) is -0.924. The molecule has 0 atom stereocenters. The Bertz CT molecular complexity index is 1830. The molecule has 42 heavy (non-hydrogen) atoms. The van der Waals surface area contributed by atoms with Gasteiger partial charge >= 0.3 is 10.4 Å². The SMILES string of the molecule is Nc1cc(SOOO)cc2cc(S(=O)(=O)O)c(N=Nc3ccc(S(=O)(=O)CCOS(=O)(=O)O)cc3SOOO)c(O)c12. The van der Waals surface area contributed by atoms with Crippen molar-refractivity contribution in [2.45, 2.75) is 19.6 Å². The first-order chi connectivity index (χ1) is 19.6. The van der Waals surface area contributed by atoms with Gasteiger partial charge in [0.25, 0.3) is 10.1 Å². The molecule has 19 nitrogen and oxygen atoms in total. The van der Waals surface area contributed by atoms with E-state index >= 15 is 0 Å². The Hall–Kier alpha value is -2.69. The molecule has 0 amide bonds. The molecule has 3 aromatic rings. The summed E-state index contributed by atoms with van der Waals surface area (Å²) in [5.41, 5.74) is 4.83. The molecule has 0 aliphatic heterocycles. The Kier molecular flexibility index (Phi) is 11.1. The van der Waals surface area contributed by atoms with E-state index in [4.69, 9.17) is 20.8 Å². The molecule has 7 N–H and O–H groups in total. The van der Waals surface area contributed by atoms with Crippen molar-refractivity contribution < 1.29 is 72.9 Å². The predicted octanol–water partition coefficient (Wildman–Crippen LogP) is 3.24. The van der Waals surface area contributed by atoms with Crippen LogP contribution in [-0.4, -0.2) is 62.3 Å². The van der Waals surface area contributed by atoms with E-state index in [1.165, 1.54) is 12.1 Å². The topological polar surface area (TPSA) is 300 Å². The molecule has 0 saturated heterocycles. The van der Waals surface area contributed by atoms with Crippen LogP contribution in [-0.2, 0) is 53.3 Å². The van der Waals surface area contributed by atoms with Crippen LogP contribution in [0, 0.1) is 0 Å². The average Bonchev–Trinajstić information content (AvgIpc) is 2.88. The number of benzene rings is 3. The minimum Gasteiger partial charge on any atom is -0.505 e. The maximum Gasteiger partial charge on any atom is 0.397 e. The fourth-order valence-corrected chi connectivity index (χ4v) is 6.42. The fourth-order valence-electron chi connectivity index (χ4n) is 3.25. The standard InChI is InChI=1S/C18H17N3O16S5/c19-12-7-10(38-36-34-23)5-9-6-15(41(27,28)29)17(18(22)16(9)12)21-20-13-2-1-11(8-14(13)39-37-35-24)40(25,26)4-3-33-42(30,31)32/h1-2,5-8,22-24H,3-4,19H2,(H,27,28,29)(H,30,31,32). The minimum atomic E-state index is -5.06. The summed E-state index contributed by atoms with van der Waals surface area (Å²) in [6, 6.07) is 6.39. The van der Waals surface area contributed by atoms with Crippen molar-refractivity contribution in [2.24, 2.45) is 10.2 Å².